The summed E-state index contributed by atoms with van der Waals surface area (Å²) in [6.07, 6.45) is 7.56. The Morgan fingerprint density at radius 1 is 0.467 bits per heavy atom. The number of hydrogen-bond acceptors (Lipinski definition) is 5. The van der Waals surface area contributed by atoms with Gasteiger partial charge in [0.15, 0.2) is 0 Å². The average Bonchev–Trinajstić information content (AvgIpc) is 3.59. The van der Waals surface area contributed by atoms with Gasteiger partial charge >= 0.3 is 0 Å². The van der Waals surface area contributed by atoms with Crippen molar-refractivity contribution in [1.82, 2.24) is 19.1 Å². The molecule has 8 aromatic rings. The Labute approximate surface area is 259 Å². The van der Waals surface area contributed by atoms with Gasteiger partial charge in [0.05, 0.1) is 54.8 Å². The van der Waals surface area contributed by atoms with Crippen LogP contribution >= 0.6 is 0 Å². The maximum atomic E-state index is 5.62. The third-order valence-corrected chi connectivity index (χ3v) is 8.68. The second-order valence-electron chi connectivity index (χ2n) is 11.1. The normalized spacial score (nSPS) is 11.6. The number of hydrogen-bond donors (Lipinski definition) is 0. The van der Waals surface area contributed by atoms with Gasteiger partial charge in [0, 0.05) is 57.5 Å². The molecule has 0 atom stereocenters. The van der Waals surface area contributed by atoms with E-state index < -0.39 is 0 Å². The second-order valence-corrected chi connectivity index (χ2v) is 11.1. The zero-order valence-corrected chi connectivity index (χ0v) is 25.4. The molecule has 0 unspecified atom stereocenters. The summed E-state index contributed by atoms with van der Waals surface area (Å²) in [5, 5.41) is 4.45. The van der Waals surface area contributed by atoms with Crippen molar-refractivity contribution in [3.63, 3.8) is 0 Å². The van der Waals surface area contributed by atoms with Gasteiger partial charge in [-0.25, -0.2) is 0 Å². The molecule has 0 radical (unpaired) electrons. The Morgan fingerprint density at radius 2 is 0.844 bits per heavy atom. The van der Waals surface area contributed by atoms with Crippen molar-refractivity contribution >= 4 is 43.6 Å². The predicted molar refractivity (Wildman–Crippen MR) is 181 cm³/mol. The van der Waals surface area contributed by atoms with Gasteiger partial charge in [-0.05, 0) is 85.8 Å². The van der Waals surface area contributed by atoms with E-state index in [2.05, 4.69) is 92.8 Å². The van der Waals surface area contributed by atoms with E-state index >= 15 is 0 Å². The summed E-state index contributed by atoms with van der Waals surface area (Å²) < 4.78 is 21.5. The van der Waals surface area contributed by atoms with Gasteiger partial charge in [0.25, 0.3) is 0 Å². The molecule has 45 heavy (non-hydrogen) atoms. The number of ether oxygens (including phenoxy) is 3. The summed E-state index contributed by atoms with van der Waals surface area (Å²) in [4.78, 5) is 9.24. The van der Waals surface area contributed by atoms with Crippen LogP contribution in [0.25, 0.3) is 66.1 Å². The first-order chi connectivity index (χ1) is 22.1. The maximum absolute atomic E-state index is 5.62. The van der Waals surface area contributed by atoms with Crippen molar-refractivity contribution in [3.05, 3.63) is 115 Å². The van der Waals surface area contributed by atoms with Gasteiger partial charge in [0.2, 0.25) is 0 Å². The lowest BCUT2D eigenvalue weighted by atomic mass is 10.1. The van der Waals surface area contributed by atoms with Crippen molar-refractivity contribution in [2.45, 2.75) is 6.92 Å². The minimum absolute atomic E-state index is 0.798. The summed E-state index contributed by atoms with van der Waals surface area (Å²) in [7, 11) is 5.09. The first kappa shape index (κ1) is 26.8. The van der Waals surface area contributed by atoms with Crippen LogP contribution in [0.5, 0.6) is 17.2 Å². The van der Waals surface area contributed by atoms with Crippen LogP contribution in [0.15, 0.2) is 110 Å². The molecule has 0 amide bonds. The number of aromatic nitrogens is 4. The average molecular weight is 591 g/mol. The molecule has 7 nitrogen and oxygen atoms in total. The lowest BCUT2D eigenvalue weighted by molar-refractivity contribution is 0.415. The van der Waals surface area contributed by atoms with Gasteiger partial charge in [-0.3, -0.25) is 9.97 Å². The fourth-order valence-electron chi connectivity index (χ4n) is 6.58. The molecule has 0 aliphatic heterocycles. The summed E-state index contributed by atoms with van der Waals surface area (Å²) >= 11 is 0. The molecule has 0 bridgehead atoms. The van der Waals surface area contributed by atoms with Crippen LogP contribution in [0.2, 0.25) is 0 Å². The zero-order chi connectivity index (χ0) is 30.7. The van der Waals surface area contributed by atoms with Crippen molar-refractivity contribution in [3.8, 4) is 39.8 Å². The molecular weight excluding hydrogens is 560 g/mol. The van der Waals surface area contributed by atoms with Crippen LogP contribution in [-0.4, -0.2) is 40.4 Å². The Kier molecular flexibility index (Phi) is 6.20. The SMILES string of the molecule is COc1ccc2c(c1)c1cc(C)ccc1n2-c1ccncc1-c1cnccc1-n1c2ccc(OC)cc2c2cc(OC)ccc21. The summed E-state index contributed by atoms with van der Waals surface area (Å²) in [6.45, 7) is 2.12. The van der Waals surface area contributed by atoms with Gasteiger partial charge in [-0.2, -0.15) is 0 Å². The minimum Gasteiger partial charge on any atom is -0.497 e. The molecule has 4 aromatic carbocycles. The van der Waals surface area contributed by atoms with Gasteiger partial charge in [-0.15, -0.1) is 0 Å². The van der Waals surface area contributed by atoms with Crippen LogP contribution in [0.4, 0.5) is 0 Å². The molecule has 0 saturated heterocycles. The Hall–Kier alpha value is -5.82. The van der Waals surface area contributed by atoms with Crippen molar-refractivity contribution in [2.24, 2.45) is 0 Å². The van der Waals surface area contributed by atoms with E-state index in [1.807, 2.05) is 43.0 Å². The molecule has 4 aromatic heterocycles. The topological polar surface area (TPSA) is 63.3 Å². The summed E-state index contributed by atoms with van der Waals surface area (Å²) in [6, 6.07) is 29.4. The molecule has 0 saturated carbocycles. The quantitative estimate of drug-likeness (QED) is 0.194. The van der Waals surface area contributed by atoms with E-state index in [4.69, 9.17) is 14.2 Å². The van der Waals surface area contributed by atoms with E-state index in [0.29, 0.717) is 0 Å². The molecule has 8 rings (SSSR count). The highest BCUT2D eigenvalue weighted by Gasteiger charge is 2.21. The number of rotatable bonds is 6. The van der Waals surface area contributed by atoms with Crippen molar-refractivity contribution in [1.29, 1.82) is 0 Å². The molecule has 7 heteroatoms. The highest BCUT2D eigenvalue weighted by Crippen LogP contribution is 2.41. The molecule has 0 aliphatic rings. The maximum Gasteiger partial charge on any atom is 0.119 e. The van der Waals surface area contributed by atoms with E-state index in [1.165, 1.54) is 10.9 Å². The third kappa shape index (κ3) is 4.12. The highest BCUT2D eigenvalue weighted by molar-refractivity contribution is 6.12. The fraction of sp³-hybridized carbons (Fsp3) is 0.105. The van der Waals surface area contributed by atoms with Crippen LogP contribution in [-0.2, 0) is 0 Å². The predicted octanol–water partition coefficient (Wildman–Crippen LogP) is 8.67. The van der Waals surface area contributed by atoms with Crippen LogP contribution in [0.1, 0.15) is 5.56 Å². The molecule has 0 fully saturated rings. The number of pyridine rings is 2. The number of nitrogens with zero attached hydrogens (tertiary/aromatic N) is 4. The number of benzene rings is 4. The third-order valence-electron chi connectivity index (χ3n) is 8.68. The monoisotopic (exact) mass is 590 g/mol. The number of methoxy groups -OCH3 is 3. The van der Waals surface area contributed by atoms with E-state index in [0.717, 1.165) is 78.0 Å². The standard InChI is InChI=1S/C38H30N4O3/c1-23-5-9-33-27(17-23)28-18-24(43-2)6-10-34(28)41(33)37-13-15-39-21-31(37)32-22-40-16-14-38(32)42-35-11-7-25(44-3)19-29(35)30-20-26(45-4)8-12-36(30)42/h5-22H,1-4H3. The van der Waals surface area contributed by atoms with Crippen LogP contribution in [0.3, 0.4) is 0 Å². The Bertz CT molecular complexity index is 2360. The lowest BCUT2D eigenvalue weighted by Crippen LogP contribution is -2.02. The molecule has 0 aliphatic carbocycles. The van der Waals surface area contributed by atoms with Gasteiger partial charge < -0.3 is 23.3 Å². The molecule has 0 N–H and O–H groups in total. The van der Waals surface area contributed by atoms with E-state index in [9.17, 15) is 0 Å². The molecule has 4 heterocycles. The first-order valence-electron chi connectivity index (χ1n) is 14.7. The van der Waals surface area contributed by atoms with Crippen molar-refractivity contribution in [2.75, 3.05) is 21.3 Å². The summed E-state index contributed by atoms with van der Waals surface area (Å²) in [5.74, 6) is 2.42. The zero-order valence-electron chi connectivity index (χ0n) is 25.4. The number of aryl methyl sites for hydroxylation is 1. The second kappa shape index (κ2) is 10.4. The van der Waals surface area contributed by atoms with E-state index in [-0.39, 0.29) is 0 Å². The molecule has 220 valence electrons. The lowest BCUT2D eigenvalue weighted by Gasteiger charge is -2.17. The first-order valence-corrected chi connectivity index (χ1v) is 14.7. The van der Waals surface area contributed by atoms with Gasteiger partial charge in [0.1, 0.15) is 17.2 Å². The molecule has 0 spiro atoms. The van der Waals surface area contributed by atoms with Crippen LogP contribution < -0.4 is 14.2 Å². The largest absolute Gasteiger partial charge is 0.497 e. The Balaban J connectivity index is 1.43. The molecular formula is C38H30N4O3. The fourth-order valence-corrected chi connectivity index (χ4v) is 6.58. The van der Waals surface area contributed by atoms with E-state index in [1.54, 1.807) is 21.3 Å². The highest BCUT2D eigenvalue weighted by atomic mass is 16.5. The van der Waals surface area contributed by atoms with Gasteiger partial charge in [-0.1, -0.05) is 11.6 Å². The van der Waals surface area contributed by atoms with Crippen molar-refractivity contribution < 1.29 is 14.2 Å². The minimum atomic E-state index is 0.798. The van der Waals surface area contributed by atoms with Crippen LogP contribution in [0, 0.1) is 6.92 Å². The summed E-state index contributed by atoms with van der Waals surface area (Å²) in [5.41, 5.74) is 9.43. The smallest absolute Gasteiger partial charge is 0.119 e. The Morgan fingerprint density at radius 3 is 1.24 bits per heavy atom. The number of fused-ring (bicyclic) bond motifs is 6.